The Kier molecular flexibility index (Phi) is 4.44. The van der Waals surface area contributed by atoms with Crippen molar-refractivity contribution in [3.8, 4) is 0 Å². The van der Waals surface area contributed by atoms with Gasteiger partial charge in [-0.15, -0.1) is 0 Å². The summed E-state index contributed by atoms with van der Waals surface area (Å²) in [6.07, 6.45) is 2.06. The second-order valence-electron chi connectivity index (χ2n) is 4.35. The van der Waals surface area contributed by atoms with Crippen LogP contribution in [0, 0.1) is 0 Å². The fourth-order valence-corrected chi connectivity index (χ4v) is 1.57. The lowest BCUT2D eigenvalue weighted by Gasteiger charge is -2.24. The minimum atomic E-state index is -0.305. The lowest BCUT2D eigenvalue weighted by atomic mass is 10.0. The topological polar surface area (TPSA) is 68.0 Å². The van der Waals surface area contributed by atoms with Crippen molar-refractivity contribution >= 4 is 21.8 Å². The summed E-state index contributed by atoms with van der Waals surface area (Å²) >= 11 is 3.32. The quantitative estimate of drug-likeness (QED) is 0.863. The van der Waals surface area contributed by atoms with Crippen molar-refractivity contribution in [2.75, 3.05) is 0 Å². The molecule has 0 aliphatic carbocycles. The number of amides is 1. The van der Waals surface area contributed by atoms with Gasteiger partial charge in [0.2, 0.25) is 5.91 Å². The van der Waals surface area contributed by atoms with Crippen molar-refractivity contribution in [3.05, 3.63) is 28.5 Å². The molecule has 16 heavy (non-hydrogen) atoms. The van der Waals surface area contributed by atoms with E-state index in [9.17, 15) is 4.79 Å². The molecule has 0 saturated carbocycles. The minimum absolute atomic E-state index is 0.304. The maximum atomic E-state index is 10.8. The molecule has 0 spiro atoms. The second kappa shape index (κ2) is 5.41. The third-order valence-corrected chi connectivity index (χ3v) is 2.62. The molecule has 0 fully saturated rings. The van der Waals surface area contributed by atoms with Gasteiger partial charge in [-0.2, -0.15) is 0 Å². The van der Waals surface area contributed by atoms with E-state index in [-0.39, 0.29) is 11.4 Å². The number of hydrogen-bond acceptors (Lipinski definition) is 3. The van der Waals surface area contributed by atoms with E-state index >= 15 is 0 Å². The molecule has 1 aromatic heterocycles. The number of primary amides is 1. The molecule has 4 nitrogen and oxygen atoms in total. The van der Waals surface area contributed by atoms with Gasteiger partial charge in [0.25, 0.3) is 0 Å². The van der Waals surface area contributed by atoms with Crippen LogP contribution in [0.25, 0.3) is 0 Å². The van der Waals surface area contributed by atoms with Crippen LogP contribution in [-0.2, 0) is 11.3 Å². The highest BCUT2D eigenvalue weighted by atomic mass is 79.9. The van der Waals surface area contributed by atoms with Gasteiger partial charge in [0, 0.05) is 29.2 Å². The Morgan fingerprint density at radius 2 is 2.25 bits per heavy atom. The van der Waals surface area contributed by atoms with Crippen molar-refractivity contribution in [3.63, 3.8) is 0 Å². The van der Waals surface area contributed by atoms with E-state index in [0.717, 1.165) is 10.2 Å². The molecule has 1 rings (SSSR count). The van der Waals surface area contributed by atoms with Crippen LogP contribution < -0.4 is 11.1 Å². The number of pyridine rings is 1. The van der Waals surface area contributed by atoms with Crippen molar-refractivity contribution in [2.24, 2.45) is 5.73 Å². The van der Waals surface area contributed by atoms with Gasteiger partial charge in [0.1, 0.15) is 0 Å². The van der Waals surface area contributed by atoms with Crippen LogP contribution in [0.1, 0.15) is 26.0 Å². The molecule has 0 bridgehead atoms. The number of carbonyl (C=O) groups excluding carboxylic acids is 1. The monoisotopic (exact) mass is 285 g/mol. The number of halogens is 1. The molecule has 88 valence electrons. The van der Waals surface area contributed by atoms with Gasteiger partial charge < -0.3 is 11.1 Å². The van der Waals surface area contributed by atoms with Crippen molar-refractivity contribution in [2.45, 2.75) is 32.4 Å². The Balaban J connectivity index is 2.50. The first kappa shape index (κ1) is 13.1. The zero-order chi connectivity index (χ0) is 12.2. The Labute approximate surface area is 104 Å². The van der Waals surface area contributed by atoms with E-state index in [2.05, 4.69) is 26.2 Å². The van der Waals surface area contributed by atoms with Crippen molar-refractivity contribution in [1.29, 1.82) is 0 Å². The molecule has 0 unspecified atom stereocenters. The molecule has 1 heterocycles. The lowest BCUT2D eigenvalue weighted by Crippen LogP contribution is -2.42. The number of nitrogens with two attached hydrogens (primary N) is 1. The number of nitrogens with one attached hydrogen (secondary N) is 1. The van der Waals surface area contributed by atoms with Gasteiger partial charge in [-0.3, -0.25) is 9.78 Å². The van der Waals surface area contributed by atoms with Gasteiger partial charge in [0.15, 0.2) is 0 Å². The predicted octanol–water partition coefficient (Wildman–Crippen LogP) is 1.59. The fourth-order valence-electron chi connectivity index (χ4n) is 1.34. The zero-order valence-corrected chi connectivity index (χ0v) is 11.0. The smallest absolute Gasteiger partial charge is 0.219 e. The van der Waals surface area contributed by atoms with Crippen molar-refractivity contribution in [1.82, 2.24) is 10.3 Å². The summed E-state index contributed by atoms with van der Waals surface area (Å²) in [6.45, 7) is 4.50. The van der Waals surface area contributed by atoms with Crippen LogP contribution in [0.3, 0.4) is 0 Å². The molecule has 0 aliphatic heterocycles. The average molecular weight is 286 g/mol. The third kappa shape index (κ3) is 4.72. The third-order valence-electron chi connectivity index (χ3n) is 2.15. The largest absolute Gasteiger partial charge is 0.370 e. The average Bonchev–Trinajstić information content (AvgIpc) is 2.15. The molecule has 1 amide bonds. The maximum Gasteiger partial charge on any atom is 0.219 e. The molecule has 0 radical (unpaired) electrons. The zero-order valence-electron chi connectivity index (χ0n) is 9.46. The van der Waals surface area contributed by atoms with Gasteiger partial charge in [-0.25, -0.2) is 0 Å². The fraction of sp³-hybridized carbons (Fsp3) is 0.455. The highest BCUT2D eigenvalue weighted by Crippen LogP contribution is 2.10. The van der Waals surface area contributed by atoms with E-state index < -0.39 is 0 Å². The first-order valence-corrected chi connectivity index (χ1v) is 5.82. The molecular formula is C11H16BrN3O. The van der Waals surface area contributed by atoms with Gasteiger partial charge in [-0.1, -0.05) is 0 Å². The predicted molar refractivity (Wildman–Crippen MR) is 66.7 cm³/mol. The van der Waals surface area contributed by atoms with Crippen LogP contribution >= 0.6 is 15.9 Å². The number of carbonyl (C=O) groups is 1. The first-order valence-electron chi connectivity index (χ1n) is 5.03. The van der Waals surface area contributed by atoms with Gasteiger partial charge in [0.05, 0.1) is 5.69 Å². The van der Waals surface area contributed by atoms with Gasteiger partial charge >= 0.3 is 0 Å². The molecule has 5 heteroatoms. The van der Waals surface area contributed by atoms with Crippen LogP contribution in [0.4, 0.5) is 0 Å². The summed E-state index contributed by atoms with van der Waals surface area (Å²) in [7, 11) is 0. The highest BCUT2D eigenvalue weighted by Gasteiger charge is 2.19. The Morgan fingerprint density at radius 3 is 2.75 bits per heavy atom. The molecule has 0 saturated heterocycles. The Bertz CT molecular complexity index is 362. The maximum absolute atomic E-state index is 10.8. The van der Waals surface area contributed by atoms with Crippen molar-refractivity contribution < 1.29 is 4.79 Å². The molecule has 0 aliphatic rings. The number of rotatable bonds is 5. The van der Waals surface area contributed by atoms with E-state index in [1.165, 1.54) is 0 Å². The summed E-state index contributed by atoms with van der Waals surface area (Å²) in [5, 5.41) is 3.25. The summed E-state index contributed by atoms with van der Waals surface area (Å²) in [5.74, 6) is -0.304. The molecule has 1 aromatic rings. The van der Waals surface area contributed by atoms with E-state index in [0.29, 0.717) is 13.0 Å². The summed E-state index contributed by atoms with van der Waals surface area (Å²) < 4.78 is 0.952. The number of nitrogens with zero attached hydrogens (tertiary/aromatic N) is 1. The summed E-state index contributed by atoms with van der Waals surface area (Å²) in [5.41, 5.74) is 5.79. The number of aromatic nitrogens is 1. The Morgan fingerprint density at radius 1 is 1.56 bits per heavy atom. The van der Waals surface area contributed by atoms with Crippen LogP contribution in [0.2, 0.25) is 0 Å². The normalized spacial score (nSPS) is 11.4. The summed E-state index contributed by atoms with van der Waals surface area (Å²) in [6, 6.07) is 3.86. The van der Waals surface area contributed by atoms with Gasteiger partial charge in [-0.05, 0) is 41.9 Å². The van der Waals surface area contributed by atoms with E-state index in [1.807, 2.05) is 26.0 Å². The number of hydrogen-bond donors (Lipinski definition) is 2. The SMILES string of the molecule is CC(C)(CC(N)=O)NCc1ccc(Br)cn1. The van der Waals surface area contributed by atoms with E-state index in [4.69, 9.17) is 5.73 Å². The molecule has 0 aromatic carbocycles. The standard InChI is InChI=1S/C11H16BrN3O/c1-11(2,5-10(13)16)15-7-9-4-3-8(12)6-14-9/h3-4,6,15H,5,7H2,1-2H3,(H2,13,16). The first-order chi connectivity index (χ1) is 7.39. The van der Waals surface area contributed by atoms with Crippen LogP contribution in [-0.4, -0.2) is 16.4 Å². The molecule has 0 atom stereocenters. The van der Waals surface area contributed by atoms with Crippen LogP contribution in [0.5, 0.6) is 0 Å². The second-order valence-corrected chi connectivity index (χ2v) is 5.26. The van der Waals surface area contributed by atoms with E-state index in [1.54, 1.807) is 6.20 Å². The molecule has 3 N–H and O–H groups in total. The Hall–Kier alpha value is -0.940. The van der Waals surface area contributed by atoms with Crippen LogP contribution in [0.15, 0.2) is 22.8 Å². The highest BCUT2D eigenvalue weighted by molar-refractivity contribution is 9.10. The molecular weight excluding hydrogens is 270 g/mol. The lowest BCUT2D eigenvalue weighted by molar-refractivity contribution is -0.119. The minimum Gasteiger partial charge on any atom is -0.370 e. The summed E-state index contributed by atoms with van der Waals surface area (Å²) in [4.78, 5) is 15.1.